The number of hydrogen-bond donors (Lipinski definition) is 0. The minimum atomic E-state index is 1.34. The third-order valence-electron chi connectivity index (χ3n) is 1.11. The number of halogens is 1. The lowest BCUT2D eigenvalue weighted by molar-refractivity contribution is 1.63. The van der Waals surface area contributed by atoms with Crippen LogP contribution in [0.5, 0.6) is 0 Å². The van der Waals surface area contributed by atoms with E-state index in [9.17, 15) is 0 Å². The van der Waals surface area contributed by atoms with Gasteiger partial charge < -0.3 is 0 Å². The van der Waals surface area contributed by atoms with Crippen LogP contribution in [0.3, 0.4) is 0 Å². The molecule has 0 saturated heterocycles. The van der Waals surface area contributed by atoms with Gasteiger partial charge in [-0.3, -0.25) is 0 Å². The van der Waals surface area contributed by atoms with Crippen LogP contribution in [0, 0.1) is 0 Å². The van der Waals surface area contributed by atoms with Crippen molar-refractivity contribution in [1.29, 1.82) is 0 Å². The summed E-state index contributed by atoms with van der Waals surface area (Å²) in [5.41, 5.74) is 1.34. The molecule has 1 rings (SSSR count). The molecular weight excluding hydrogens is 211 g/mol. The molecule has 0 saturated carbocycles. The maximum absolute atomic E-state index is 2.32. The van der Waals surface area contributed by atoms with Gasteiger partial charge in [0.2, 0.25) is 0 Å². The van der Waals surface area contributed by atoms with Crippen molar-refractivity contribution >= 4 is 22.6 Å². The molecule has 1 aliphatic rings. The Labute approximate surface area is 63.1 Å². The van der Waals surface area contributed by atoms with E-state index < -0.39 is 0 Å². The Morgan fingerprint density at radius 1 is 1.62 bits per heavy atom. The largest absolute Gasteiger partial charge is 0.0793 e. The molecule has 0 heterocycles. The van der Waals surface area contributed by atoms with Gasteiger partial charge in [0.05, 0.1) is 0 Å². The van der Waals surface area contributed by atoms with Gasteiger partial charge in [-0.25, -0.2) is 0 Å². The van der Waals surface area contributed by atoms with Crippen LogP contribution in [0.4, 0.5) is 0 Å². The standard InChI is InChI=1S/C7H7I/c1-2-6-4-3-5-7(6)8/h2-5H,1H3/b6-2-. The Hall–Kier alpha value is -0.0500. The fraction of sp³-hybridized carbons (Fsp3) is 0.143. The highest BCUT2D eigenvalue weighted by atomic mass is 127. The second kappa shape index (κ2) is 2.49. The number of hydrogen-bond acceptors (Lipinski definition) is 0. The molecule has 0 amide bonds. The summed E-state index contributed by atoms with van der Waals surface area (Å²) in [4.78, 5) is 0. The van der Waals surface area contributed by atoms with Crippen LogP contribution in [-0.2, 0) is 0 Å². The normalized spacial score (nSPS) is 22.2. The second-order valence-corrected chi connectivity index (χ2v) is 2.78. The van der Waals surface area contributed by atoms with Crippen LogP contribution < -0.4 is 0 Å². The third kappa shape index (κ3) is 1.02. The molecule has 42 valence electrons. The highest BCUT2D eigenvalue weighted by molar-refractivity contribution is 14.1. The molecule has 0 aromatic carbocycles. The monoisotopic (exact) mass is 218 g/mol. The predicted octanol–water partition coefficient (Wildman–Crippen LogP) is 2.82. The zero-order valence-corrected chi connectivity index (χ0v) is 6.84. The van der Waals surface area contributed by atoms with Crippen molar-refractivity contribution in [2.45, 2.75) is 6.92 Å². The zero-order valence-electron chi connectivity index (χ0n) is 4.69. The smallest absolute Gasteiger partial charge is 0.0199 e. The quantitative estimate of drug-likeness (QED) is 0.548. The molecule has 0 unspecified atom stereocenters. The van der Waals surface area contributed by atoms with Gasteiger partial charge in [-0.05, 0) is 41.2 Å². The summed E-state index contributed by atoms with van der Waals surface area (Å²) in [7, 11) is 0. The fourth-order valence-corrected chi connectivity index (χ4v) is 1.35. The minimum absolute atomic E-state index is 1.34. The highest BCUT2D eigenvalue weighted by Gasteiger charge is 1.97. The molecule has 0 atom stereocenters. The predicted molar refractivity (Wildman–Crippen MR) is 45.0 cm³/mol. The summed E-state index contributed by atoms with van der Waals surface area (Å²) >= 11 is 2.32. The van der Waals surface area contributed by atoms with Crippen molar-refractivity contribution in [3.8, 4) is 0 Å². The van der Waals surface area contributed by atoms with Crippen molar-refractivity contribution in [1.82, 2.24) is 0 Å². The highest BCUT2D eigenvalue weighted by Crippen LogP contribution is 2.23. The molecule has 0 aliphatic heterocycles. The van der Waals surface area contributed by atoms with Gasteiger partial charge in [0.1, 0.15) is 0 Å². The Balaban J connectivity index is 2.88. The van der Waals surface area contributed by atoms with E-state index in [1.165, 1.54) is 9.15 Å². The first kappa shape index (κ1) is 6.08. The molecule has 0 spiro atoms. The van der Waals surface area contributed by atoms with Gasteiger partial charge in [0, 0.05) is 3.58 Å². The molecule has 0 aromatic heterocycles. The SMILES string of the molecule is C/C=C1/C=CC=C1I. The number of rotatable bonds is 0. The Bertz CT molecular complexity index is 173. The zero-order chi connectivity index (χ0) is 5.98. The minimum Gasteiger partial charge on any atom is -0.0793 e. The topological polar surface area (TPSA) is 0 Å². The molecule has 0 nitrogen and oxygen atoms in total. The van der Waals surface area contributed by atoms with Crippen molar-refractivity contribution in [3.05, 3.63) is 33.5 Å². The Morgan fingerprint density at radius 3 is 2.62 bits per heavy atom. The summed E-state index contributed by atoms with van der Waals surface area (Å²) in [5.74, 6) is 0. The summed E-state index contributed by atoms with van der Waals surface area (Å²) in [6.07, 6.45) is 8.40. The van der Waals surface area contributed by atoms with Gasteiger partial charge in [-0.15, -0.1) is 0 Å². The molecule has 8 heavy (non-hydrogen) atoms. The van der Waals surface area contributed by atoms with Crippen LogP contribution in [0.2, 0.25) is 0 Å². The van der Waals surface area contributed by atoms with E-state index in [1.54, 1.807) is 0 Å². The molecule has 0 radical (unpaired) electrons. The summed E-state index contributed by atoms with van der Waals surface area (Å²) < 4.78 is 1.34. The maximum atomic E-state index is 2.32. The van der Waals surface area contributed by atoms with Crippen LogP contribution in [0.1, 0.15) is 6.92 Å². The van der Waals surface area contributed by atoms with Gasteiger partial charge in [-0.2, -0.15) is 0 Å². The lowest BCUT2D eigenvalue weighted by Gasteiger charge is -1.88. The van der Waals surface area contributed by atoms with Crippen molar-refractivity contribution in [3.63, 3.8) is 0 Å². The van der Waals surface area contributed by atoms with Gasteiger partial charge in [0.15, 0.2) is 0 Å². The molecule has 0 aromatic rings. The molecular formula is C7H7I. The van der Waals surface area contributed by atoms with E-state index in [0.29, 0.717) is 0 Å². The molecule has 1 heteroatoms. The van der Waals surface area contributed by atoms with Crippen LogP contribution >= 0.6 is 22.6 Å². The van der Waals surface area contributed by atoms with Crippen molar-refractivity contribution in [2.24, 2.45) is 0 Å². The Kier molecular flexibility index (Phi) is 1.89. The van der Waals surface area contributed by atoms with E-state index in [-0.39, 0.29) is 0 Å². The molecule has 0 bridgehead atoms. The lowest BCUT2D eigenvalue weighted by atomic mass is 10.3. The van der Waals surface area contributed by atoms with Crippen LogP contribution in [0.25, 0.3) is 0 Å². The van der Waals surface area contributed by atoms with Gasteiger partial charge >= 0.3 is 0 Å². The van der Waals surface area contributed by atoms with Crippen LogP contribution in [0.15, 0.2) is 33.5 Å². The average molecular weight is 218 g/mol. The lowest BCUT2D eigenvalue weighted by Crippen LogP contribution is -1.66. The Morgan fingerprint density at radius 2 is 2.38 bits per heavy atom. The van der Waals surface area contributed by atoms with E-state index in [0.717, 1.165) is 0 Å². The third-order valence-corrected chi connectivity index (χ3v) is 2.09. The van der Waals surface area contributed by atoms with Gasteiger partial charge in [-0.1, -0.05) is 18.2 Å². The van der Waals surface area contributed by atoms with Gasteiger partial charge in [0.25, 0.3) is 0 Å². The molecule has 1 aliphatic carbocycles. The van der Waals surface area contributed by atoms with E-state index in [2.05, 4.69) is 53.8 Å². The first-order valence-electron chi connectivity index (χ1n) is 2.55. The van der Waals surface area contributed by atoms with E-state index in [4.69, 9.17) is 0 Å². The summed E-state index contributed by atoms with van der Waals surface area (Å²) in [6.45, 7) is 2.05. The maximum Gasteiger partial charge on any atom is 0.0199 e. The van der Waals surface area contributed by atoms with E-state index in [1.807, 2.05) is 0 Å². The van der Waals surface area contributed by atoms with Crippen LogP contribution in [-0.4, -0.2) is 0 Å². The first-order valence-corrected chi connectivity index (χ1v) is 3.63. The number of allylic oxidation sites excluding steroid dienone is 6. The molecule has 0 fully saturated rings. The summed E-state index contributed by atoms with van der Waals surface area (Å²) in [5, 5.41) is 0. The average Bonchev–Trinajstić information content (AvgIpc) is 2.14. The summed E-state index contributed by atoms with van der Waals surface area (Å²) in [6, 6.07) is 0. The van der Waals surface area contributed by atoms with Crippen molar-refractivity contribution in [2.75, 3.05) is 0 Å². The van der Waals surface area contributed by atoms with Crippen molar-refractivity contribution < 1.29 is 0 Å². The first-order chi connectivity index (χ1) is 3.84. The fourth-order valence-electron chi connectivity index (χ4n) is 0.646. The van der Waals surface area contributed by atoms with E-state index >= 15 is 0 Å². The molecule has 0 N–H and O–H groups in total. The second-order valence-electron chi connectivity index (χ2n) is 1.62.